The van der Waals surface area contributed by atoms with Crippen molar-refractivity contribution in [3.8, 4) is 23.3 Å². The number of pyridine rings is 1. The Morgan fingerprint density at radius 3 is 2.35 bits per heavy atom. The SMILES string of the molecule is CCOc1ccc(OC)cc1C1(N2CCN(C3CCN(C)CC3)CC2)C(=O)N(S(=O)(=O)c2ccc(OC)c3cccnc23)c2ccc(C#N)cc21. The minimum atomic E-state index is -4.60. The summed E-state index contributed by atoms with van der Waals surface area (Å²) in [5, 5.41) is 10.6. The van der Waals surface area contributed by atoms with Gasteiger partial charge in [0.2, 0.25) is 0 Å². The molecule has 2 saturated heterocycles. The van der Waals surface area contributed by atoms with Crippen LogP contribution in [0.2, 0.25) is 0 Å². The molecule has 4 aromatic rings. The van der Waals surface area contributed by atoms with Crippen LogP contribution in [0.15, 0.2) is 71.8 Å². The number of nitriles is 1. The molecule has 3 aromatic carbocycles. The molecule has 51 heavy (non-hydrogen) atoms. The lowest BCUT2D eigenvalue weighted by molar-refractivity contribution is -0.128. The summed E-state index contributed by atoms with van der Waals surface area (Å²) in [7, 11) is 0.602. The molecule has 7 rings (SSSR count). The number of aromatic nitrogens is 1. The lowest BCUT2D eigenvalue weighted by Gasteiger charge is -2.48. The lowest BCUT2D eigenvalue weighted by Crippen LogP contribution is -2.62. The number of piperidine rings is 1. The quantitative estimate of drug-likeness (QED) is 0.248. The van der Waals surface area contributed by atoms with Crippen molar-refractivity contribution in [3.05, 3.63) is 83.6 Å². The van der Waals surface area contributed by atoms with E-state index in [0.29, 0.717) is 78.2 Å². The number of anilines is 1. The number of rotatable bonds is 9. The van der Waals surface area contributed by atoms with Crippen LogP contribution in [0, 0.1) is 11.3 Å². The van der Waals surface area contributed by atoms with Crippen molar-refractivity contribution in [2.24, 2.45) is 0 Å². The van der Waals surface area contributed by atoms with E-state index in [2.05, 4.69) is 32.8 Å². The third-order valence-electron chi connectivity index (χ3n) is 10.5. The van der Waals surface area contributed by atoms with E-state index in [9.17, 15) is 5.26 Å². The van der Waals surface area contributed by atoms with Crippen LogP contribution in [-0.4, -0.2) is 107 Å². The maximum Gasteiger partial charge on any atom is 0.273 e. The highest BCUT2D eigenvalue weighted by molar-refractivity contribution is 7.93. The number of hydrogen-bond acceptors (Lipinski definition) is 11. The first-order valence-corrected chi connectivity index (χ1v) is 18.7. The molecule has 13 heteroatoms. The number of sulfonamides is 1. The van der Waals surface area contributed by atoms with Gasteiger partial charge in [0.15, 0.2) is 5.54 Å². The predicted molar refractivity (Wildman–Crippen MR) is 193 cm³/mol. The number of fused-ring (bicyclic) bond motifs is 2. The molecule has 3 aliphatic rings. The molecule has 0 aliphatic carbocycles. The Balaban J connectivity index is 1.44. The number of benzene rings is 3. The molecule has 0 radical (unpaired) electrons. The van der Waals surface area contributed by atoms with E-state index >= 15 is 13.2 Å². The van der Waals surface area contributed by atoms with E-state index in [-0.39, 0.29) is 16.1 Å². The van der Waals surface area contributed by atoms with E-state index in [0.717, 1.165) is 30.2 Å². The molecule has 1 atom stereocenters. The number of carbonyl (C=O) groups excluding carboxylic acids is 1. The van der Waals surface area contributed by atoms with Crippen LogP contribution in [0.25, 0.3) is 10.9 Å². The molecule has 266 valence electrons. The average molecular weight is 711 g/mol. The van der Waals surface area contributed by atoms with Crippen molar-refractivity contribution in [1.29, 1.82) is 5.26 Å². The van der Waals surface area contributed by atoms with E-state index in [1.165, 1.54) is 19.4 Å². The Hall–Kier alpha value is -4.74. The number of hydrogen-bond donors (Lipinski definition) is 0. The summed E-state index contributed by atoms with van der Waals surface area (Å²) in [4.78, 5) is 26.9. The smallest absolute Gasteiger partial charge is 0.273 e. The highest BCUT2D eigenvalue weighted by Gasteiger charge is 2.61. The largest absolute Gasteiger partial charge is 0.497 e. The van der Waals surface area contributed by atoms with Gasteiger partial charge in [0.05, 0.1) is 43.7 Å². The fraction of sp³-hybridized carbons (Fsp3) is 0.395. The van der Waals surface area contributed by atoms with Gasteiger partial charge in [-0.25, -0.2) is 12.7 Å². The van der Waals surface area contributed by atoms with Crippen molar-refractivity contribution in [1.82, 2.24) is 19.7 Å². The zero-order valence-electron chi connectivity index (χ0n) is 29.3. The molecule has 12 nitrogen and oxygen atoms in total. The lowest BCUT2D eigenvalue weighted by atomic mass is 9.80. The number of piperazine rings is 1. The molecule has 0 bridgehead atoms. The minimum Gasteiger partial charge on any atom is -0.497 e. The van der Waals surface area contributed by atoms with Crippen molar-refractivity contribution in [2.45, 2.75) is 36.2 Å². The van der Waals surface area contributed by atoms with Crippen LogP contribution < -0.4 is 18.5 Å². The molecule has 0 spiro atoms. The molecule has 1 amide bonds. The van der Waals surface area contributed by atoms with Crippen LogP contribution >= 0.6 is 0 Å². The first-order chi connectivity index (χ1) is 24.7. The summed E-state index contributed by atoms with van der Waals surface area (Å²) in [6.07, 6.45) is 3.64. The third-order valence-corrected chi connectivity index (χ3v) is 12.3. The second kappa shape index (κ2) is 13.8. The van der Waals surface area contributed by atoms with Gasteiger partial charge in [-0.2, -0.15) is 5.26 Å². The van der Waals surface area contributed by atoms with Gasteiger partial charge in [-0.3, -0.25) is 19.6 Å². The minimum absolute atomic E-state index is 0.138. The molecule has 1 aromatic heterocycles. The zero-order chi connectivity index (χ0) is 35.9. The summed E-state index contributed by atoms with van der Waals surface area (Å²) in [6.45, 7) is 6.54. The van der Waals surface area contributed by atoms with Crippen LogP contribution in [-0.2, 0) is 20.4 Å². The predicted octanol–water partition coefficient (Wildman–Crippen LogP) is 4.21. The Labute approximate surface area is 298 Å². The van der Waals surface area contributed by atoms with Gasteiger partial charge in [-0.15, -0.1) is 0 Å². The fourth-order valence-corrected chi connectivity index (χ4v) is 9.62. The van der Waals surface area contributed by atoms with Crippen molar-refractivity contribution >= 4 is 32.5 Å². The highest BCUT2D eigenvalue weighted by Crippen LogP contribution is 2.54. The molecule has 0 N–H and O–H groups in total. The first kappa shape index (κ1) is 34.7. The summed E-state index contributed by atoms with van der Waals surface area (Å²) < 4.78 is 48.4. The summed E-state index contributed by atoms with van der Waals surface area (Å²) >= 11 is 0. The van der Waals surface area contributed by atoms with Gasteiger partial charge in [0.1, 0.15) is 22.1 Å². The summed E-state index contributed by atoms with van der Waals surface area (Å²) in [5.41, 5.74) is -0.186. The van der Waals surface area contributed by atoms with Crippen LogP contribution in [0.1, 0.15) is 36.5 Å². The third kappa shape index (κ3) is 5.67. The van der Waals surface area contributed by atoms with Gasteiger partial charge in [-0.05, 0) is 101 Å². The average Bonchev–Trinajstić information content (AvgIpc) is 3.43. The number of ether oxygens (including phenoxy) is 3. The van der Waals surface area contributed by atoms with Gasteiger partial charge >= 0.3 is 0 Å². The number of nitrogens with zero attached hydrogens (tertiary/aromatic N) is 6. The van der Waals surface area contributed by atoms with Gasteiger partial charge < -0.3 is 19.1 Å². The topological polar surface area (TPSA) is 129 Å². The second-order valence-electron chi connectivity index (χ2n) is 13.1. The molecule has 4 heterocycles. The second-order valence-corrected chi connectivity index (χ2v) is 14.9. The molecule has 1 unspecified atom stereocenters. The molecule has 0 saturated carbocycles. The van der Waals surface area contributed by atoms with Crippen LogP contribution in [0.5, 0.6) is 17.2 Å². The molecular formula is C38H42N6O6S. The molecule has 2 fully saturated rings. The maximum absolute atomic E-state index is 15.7. The summed E-state index contributed by atoms with van der Waals surface area (Å²) in [6, 6.07) is 19.1. The van der Waals surface area contributed by atoms with Crippen molar-refractivity contribution in [3.63, 3.8) is 0 Å². The zero-order valence-corrected chi connectivity index (χ0v) is 30.1. The van der Waals surface area contributed by atoms with E-state index in [1.54, 1.807) is 61.7 Å². The molecule has 3 aliphatic heterocycles. The normalized spacial score (nSPS) is 20.7. The summed E-state index contributed by atoms with van der Waals surface area (Å²) in [5.74, 6) is 0.677. The van der Waals surface area contributed by atoms with Crippen LogP contribution in [0.4, 0.5) is 5.69 Å². The number of amides is 1. The van der Waals surface area contributed by atoms with Gasteiger partial charge in [0, 0.05) is 54.9 Å². The van der Waals surface area contributed by atoms with E-state index < -0.39 is 21.5 Å². The monoisotopic (exact) mass is 710 g/mol. The van der Waals surface area contributed by atoms with E-state index in [1.807, 2.05) is 6.92 Å². The maximum atomic E-state index is 15.7. The van der Waals surface area contributed by atoms with E-state index in [4.69, 9.17) is 14.2 Å². The first-order valence-electron chi connectivity index (χ1n) is 17.2. The fourth-order valence-electron chi connectivity index (χ4n) is 8.01. The van der Waals surface area contributed by atoms with Crippen molar-refractivity contribution < 1.29 is 27.4 Å². The van der Waals surface area contributed by atoms with Crippen molar-refractivity contribution in [2.75, 3.05) is 71.4 Å². The number of methoxy groups -OCH3 is 2. The van der Waals surface area contributed by atoms with Crippen LogP contribution in [0.3, 0.4) is 0 Å². The van der Waals surface area contributed by atoms with Gasteiger partial charge in [-0.1, -0.05) is 0 Å². The standard InChI is InChI=1S/C38H42N6O6S/c1-5-50-34-11-9-28(48-3)24-31(34)38(43-21-19-42(20-22-43)27-14-17-41(2)18-15-27)30-23-26(25-39)8-10-32(30)44(37(38)45)51(46,47)35-13-12-33(49-4)29-7-6-16-40-36(29)35/h6-13,16,23-24,27H,5,14-15,17-22H2,1-4H3. The molecular weight excluding hydrogens is 669 g/mol. The Morgan fingerprint density at radius 2 is 1.67 bits per heavy atom. The van der Waals surface area contributed by atoms with Gasteiger partial charge in [0.25, 0.3) is 15.9 Å². The Morgan fingerprint density at radius 1 is 0.922 bits per heavy atom. The Bertz CT molecular complexity index is 2120. The Kier molecular flexibility index (Phi) is 9.36. The number of carbonyl (C=O) groups is 1. The highest BCUT2D eigenvalue weighted by atomic mass is 32.2. The number of likely N-dealkylation sites (tertiary alicyclic amines) is 1.